The number of rotatable bonds is 4. The molecule has 0 amide bonds. The number of Topliss-reactive ketones (excluding diaryl/α,β-unsaturated/α-hetero) is 1. The standard InChI is InChI=1S/C15H13BrO2/c1-11-2-6-13(7-3-11)18-14-8-4-12(5-9-14)15(17)10-16/h2-9H,10H2,1H3. The van der Waals surface area contributed by atoms with Crippen LogP contribution < -0.4 is 4.74 Å². The summed E-state index contributed by atoms with van der Waals surface area (Å²) in [6.45, 7) is 2.03. The monoisotopic (exact) mass is 304 g/mol. The zero-order chi connectivity index (χ0) is 13.0. The predicted molar refractivity (Wildman–Crippen MR) is 75.8 cm³/mol. The summed E-state index contributed by atoms with van der Waals surface area (Å²) in [4.78, 5) is 11.4. The molecule has 0 aliphatic heterocycles. The summed E-state index contributed by atoms with van der Waals surface area (Å²) in [6.07, 6.45) is 0. The third kappa shape index (κ3) is 3.20. The molecule has 3 heteroatoms. The summed E-state index contributed by atoms with van der Waals surface area (Å²) in [5.41, 5.74) is 1.88. The lowest BCUT2D eigenvalue weighted by Gasteiger charge is -2.06. The fraction of sp³-hybridized carbons (Fsp3) is 0.133. The lowest BCUT2D eigenvalue weighted by Crippen LogP contribution is -1.99. The second-order valence-electron chi connectivity index (χ2n) is 4.00. The molecule has 2 aromatic rings. The van der Waals surface area contributed by atoms with Gasteiger partial charge in [-0.3, -0.25) is 4.79 Å². The molecular weight excluding hydrogens is 292 g/mol. The number of hydrogen-bond acceptors (Lipinski definition) is 2. The molecule has 18 heavy (non-hydrogen) atoms. The minimum atomic E-state index is 0.0666. The van der Waals surface area contributed by atoms with Crippen molar-refractivity contribution in [2.75, 3.05) is 5.33 Å². The van der Waals surface area contributed by atoms with Crippen molar-refractivity contribution >= 4 is 21.7 Å². The zero-order valence-corrected chi connectivity index (χ0v) is 11.6. The molecule has 2 rings (SSSR count). The Morgan fingerprint density at radius 3 is 2.00 bits per heavy atom. The Morgan fingerprint density at radius 2 is 1.50 bits per heavy atom. The smallest absolute Gasteiger partial charge is 0.173 e. The second kappa shape index (κ2) is 5.83. The van der Waals surface area contributed by atoms with Gasteiger partial charge >= 0.3 is 0 Å². The van der Waals surface area contributed by atoms with Gasteiger partial charge in [0.15, 0.2) is 5.78 Å². The van der Waals surface area contributed by atoms with Crippen LogP contribution in [0.5, 0.6) is 11.5 Å². The summed E-state index contributed by atoms with van der Waals surface area (Å²) in [7, 11) is 0. The molecular formula is C15H13BrO2. The van der Waals surface area contributed by atoms with Gasteiger partial charge in [-0.25, -0.2) is 0 Å². The van der Waals surface area contributed by atoms with Crippen molar-refractivity contribution < 1.29 is 9.53 Å². The van der Waals surface area contributed by atoms with Crippen molar-refractivity contribution in [1.82, 2.24) is 0 Å². The predicted octanol–water partition coefficient (Wildman–Crippen LogP) is 4.36. The van der Waals surface area contributed by atoms with E-state index in [-0.39, 0.29) is 5.78 Å². The van der Waals surface area contributed by atoms with Crippen LogP contribution in [0.15, 0.2) is 48.5 Å². The number of carbonyl (C=O) groups excluding carboxylic acids is 1. The van der Waals surface area contributed by atoms with Gasteiger partial charge in [0.25, 0.3) is 0 Å². The normalized spacial score (nSPS) is 10.1. The third-order valence-electron chi connectivity index (χ3n) is 2.55. The third-order valence-corrected chi connectivity index (χ3v) is 3.06. The van der Waals surface area contributed by atoms with Crippen LogP contribution in [0.25, 0.3) is 0 Å². The summed E-state index contributed by atoms with van der Waals surface area (Å²) in [5.74, 6) is 1.59. The molecule has 0 radical (unpaired) electrons. The Balaban J connectivity index is 2.10. The Hall–Kier alpha value is -1.61. The van der Waals surface area contributed by atoms with Crippen molar-refractivity contribution in [3.05, 3.63) is 59.7 Å². The molecule has 0 N–H and O–H groups in total. The van der Waals surface area contributed by atoms with Gasteiger partial charge in [-0.2, -0.15) is 0 Å². The van der Waals surface area contributed by atoms with E-state index in [1.165, 1.54) is 5.56 Å². The lowest BCUT2D eigenvalue weighted by atomic mass is 10.1. The topological polar surface area (TPSA) is 26.3 Å². The first-order valence-electron chi connectivity index (χ1n) is 5.63. The molecule has 92 valence electrons. The molecule has 0 bridgehead atoms. The van der Waals surface area contributed by atoms with E-state index in [2.05, 4.69) is 15.9 Å². The molecule has 2 nitrogen and oxygen atoms in total. The molecule has 0 saturated heterocycles. The minimum absolute atomic E-state index is 0.0666. The number of ketones is 1. The van der Waals surface area contributed by atoms with Gasteiger partial charge in [0.2, 0.25) is 0 Å². The van der Waals surface area contributed by atoms with Crippen molar-refractivity contribution in [3.8, 4) is 11.5 Å². The maximum Gasteiger partial charge on any atom is 0.173 e. The highest BCUT2D eigenvalue weighted by Gasteiger charge is 2.04. The lowest BCUT2D eigenvalue weighted by molar-refractivity contribution is 0.102. The molecule has 0 aliphatic rings. The largest absolute Gasteiger partial charge is 0.457 e. The van der Waals surface area contributed by atoms with Crippen molar-refractivity contribution in [2.24, 2.45) is 0 Å². The number of hydrogen-bond donors (Lipinski definition) is 0. The highest BCUT2D eigenvalue weighted by Crippen LogP contribution is 2.22. The van der Waals surface area contributed by atoms with Gasteiger partial charge in [0.05, 0.1) is 5.33 Å². The molecule has 0 aromatic heterocycles. The van der Waals surface area contributed by atoms with Crippen LogP contribution in [-0.2, 0) is 0 Å². The Bertz CT molecular complexity index is 529. The Morgan fingerprint density at radius 1 is 1.00 bits per heavy atom. The molecule has 0 aliphatic carbocycles. The van der Waals surface area contributed by atoms with E-state index in [1.54, 1.807) is 24.3 Å². The van der Waals surface area contributed by atoms with E-state index in [9.17, 15) is 4.79 Å². The fourth-order valence-electron chi connectivity index (χ4n) is 1.53. The maximum atomic E-state index is 11.4. The number of halogens is 1. The van der Waals surface area contributed by atoms with Gasteiger partial charge in [-0.1, -0.05) is 33.6 Å². The van der Waals surface area contributed by atoms with Gasteiger partial charge in [-0.15, -0.1) is 0 Å². The first-order valence-corrected chi connectivity index (χ1v) is 6.75. The van der Waals surface area contributed by atoms with Crippen molar-refractivity contribution in [3.63, 3.8) is 0 Å². The summed E-state index contributed by atoms with van der Waals surface area (Å²) >= 11 is 3.15. The van der Waals surface area contributed by atoms with Crippen LogP contribution in [0.1, 0.15) is 15.9 Å². The molecule has 0 atom stereocenters. The van der Waals surface area contributed by atoms with Crippen LogP contribution in [0, 0.1) is 6.92 Å². The summed E-state index contributed by atoms with van der Waals surface area (Å²) in [5, 5.41) is 0.338. The molecule has 0 unspecified atom stereocenters. The van der Waals surface area contributed by atoms with Crippen LogP contribution in [0.3, 0.4) is 0 Å². The van der Waals surface area contributed by atoms with E-state index in [0.717, 1.165) is 11.5 Å². The number of benzene rings is 2. The average Bonchev–Trinajstić information content (AvgIpc) is 2.41. The Labute approximate surface area is 115 Å². The number of aryl methyl sites for hydroxylation is 1. The van der Waals surface area contributed by atoms with E-state index < -0.39 is 0 Å². The molecule has 0 heterocycles. The van der Waals surface area contributed by atoms with E-state index >= 15 is 0 Å². The molecule has 0 spiro atoms. The van der Waals surface area contributed by atoms with Crippen LogP contribution in [0.4, 0.5) is 0 Å². The van der Waals surface area contributed by atoms with Crippen molar-refractivity contribution in [2.45, 2.75) is 6.92 Å². The molecule has 0 fully saturated rings. The van der Waals surface area contributed by atoms with Crippen LogP contribution in [0.2, 0.25) is 0 Å². The fourth-order valence-corrected chi connectivity index (χ4v) is 1.85. The minimum Gasteiger partial charge on any atom is -0.457 e. The quantitative estimate of drug-likeness (QED) is 0.619. The number of alkyl halides is 1. The summed E-state index contributed by atoms with van der Waals surface area (Å²) < 4.78 is 5.68. The number of ether oxygens (including phenoxy) is 1. The van der Waals surface area contributed by atoms with Gasteiger partial charge in [-0.05, 0) is 43.3 Å². The maximum absolute atomic E-state index is 11.4. The summed E-state index contributed by atoms with van der Waals surface area (Å²) in [6, 6.07) is 15.0. The van der Waals surface area contributed by atoms with Crippen LogP contribution in [-0.4, -0.2) is 11.1 Å². The SMILES string of the molecule is Cc1ccc(Oc2ccc(C(=O)CBr)cc2)cc1. The zero-order valence-electron chi connectivity index (χ0n) is 10.0. The average molecular weight is 305 g/mol. The van der Waals surface area contributed by atoms with Crippen molar-refractivity contribution in [1.29, 1.82) is 0 Å². The van der Waals surface area contributed by atoms with Gasteiger partial charge in [0, 0.05) is 5.56 Å². The van der Waals surface area contributed by atoms with E-state index in [4.69, 9.17) is 4.74 Å². The molecule has 0 saturated carbocycles. The van der Waals surface area contributed by atoms with E-state index in [0.29, 0.717) is 10.9 Å². The highest BCUT2D eigenvalue weighted by molar-refractivity contribution is 9.09. The first kappa shape index (κ1) is 12.8. The van der Waals surface area contributed by atoms with Gasteiger partial charge in [0.1, 0.15) is 11.5 Å². The van der Waals surface area contributed by atoms with E-state index in [1.807, 2.05) is 31.2 Å². The number of carbonyl (C=O) groups is 1. The first-order chi connectivity index (χ1) is 8.69. The second-order valence-corrected chi connectivity index (χ2v) is 4.56. The highest BCUT2D eigenvalue weighted by atomic mass is 79.9. The van der Waals surface area contributed by atoms with Gasteiger partial charge < -0.3 is 4.74 Å². The Kier molecular flexibility index (Phi) is 4.15. The van der Waals surface area contributed by atoms with Crippen LogP contribution >= 0.6 is 15.9 Å². The molecule has 2 aromatic carbocycles.